The Hall–Kier alpha value is -1.24. The first-order valence-corrected chi connectivity index (χ1v) is 7.37. The molecule has 0 bridgehead atoms. The van der Waals surface area contributed by atoms with E-state index in [9.17, 15) is 5.11 Å². The fourth-order valence-electron chi connectivity index (χ4n) is 2.17. The zero-order chi connectivity index (χ0) is 13.2. The zero-order valence-electron chi connectivity index (χ0n) is 10.8. The van der Waals surface area contributed by atoms with E-state index in [1.54, 1.807) is 22.9 Å². The molecular weight excluding hydrogens is 262 g/mol. The summed E-state index contributed by atoms with van der Waals surface area (Å²) in [5, 5.41) is 16.9. The number of aromatic nitrogens is 3. The zero-order valence-corrected chi connectivity index (χ0v) is 11.6. The summed E-state index contributed by atoms with van der Waals surface area (Å²) in [6.45, 7) is 3.19. The SMILES string of the molecule is C[C@@H](O)c1ccn(Cc2csc([C@@H]3CCCO3)n2)n1. The van der Waals surface area contributed by atoms with Crippen molar-refractivity contribution in [2.75, 3.05) is 6.61 Å². The fraction of sp³-hybridized carbons (Fsp3) is 0.538. The Morgan fingerprint density at radius 3 is 3.21 bits per heavy atom. The van der Waals surface area contributed by atoms with Gasteiger partial charge < -0.3 is 9.84 Å². The molecule has 0 spiro atoms. The van der Waals surface area contributed by atoms with Crippen LogP contribution in [0.25, 0.3) is 0 Å². The second kappa shape index (κ2) is 5.40. The van der Waals surface area contributed by atoms with Crippen LogP contribution in [-0.2, 0) is 11.3 Å². The maximum atomic E-state index is 9.44. The van der Waals surface area contributed by atoms with E-state index >= 15 is 0 Å². The number of nitrogens with zero attached hydrogens (tertiary/aromatic N) is 3. The van der Waals surface area contributed by atoms with E-state index in [-0.39, 0.29) is 6.10 Å². The van der Waals surface area contributed by atoms with Crippen molar-refractivity contribution in [2.24, 2.45) is 0 Å². The van der Waals surface area contributed by atoms with Crippen LogP contribution in [0.4, 0.5) is 0 Å². The maximum Gasteiger partial charge on any atom is 0.122 e. The predicted molar refractivity (Wildman–Crippen MR) is 72.0 cm³/mol. The van der Waals surface area contributed by atoms with E-state index in [1.165, 1.54) is 0 Å². The van der Waals surface area contributed by atoms with Gasteiger partial charge in [0, 0.05) is 18.2 Å². The molecule has 1 aliphatic rings. The van der Waals surface area contributed by atoms with Gasteiger partial charge in [0.05, 0.1) is 24.0 Å². The number of aliphatic hydroxyl groups is 1. The van der Waals surface area contributed by atoms with Crippen molar-refractivity contribution in [1.29, 1.82) is 0 Å². The van der Waals surface area contributed by atoms with Crippen LogP contribution in [0.3, 0.4) is 0 Å². The number of thiazole rings is 1. The smallest absolute Gasteiger partial charge is 0.122 e. The first-order valence-electron chi connectivity index (χ1n) is 6.49. The van der Waals surface area contributed by atoms with Gasteiger partial charge in [0.25, 0.3) is 0 Å². The fourth-order valence-corrected chi connectivity index (χ4v) is 3.06. The molecule has 2 aromatic heterocycles. The summed E-state index contributed by atoms with van der Waals surface area (Å²) >= 11 is 1.65. The average molecular weight is 279 g/mol. The van der Waals surface area contributed by atoms with Crippen LogP contribution < -0.4 is 0 Å². The number of aliphatic hydroxyl groups excluding tert-OH is 1. The molecule has 3 rings (SSSR count). The van der Waals surface area contributed by atoms with Gasteiger partial charge in [-0.25, -0.2) is 4.98 Å². The molecule has 19 heavy (non-hydrogen) atoms. The lowest BCUT2D eigenvalue weighted by Gasteiger charge is -2.03. The molecule has 0 radical (unpaired) electrons. The third-order valence-electron chi connectivity index (χ3n) is 3.19. The van der Waals surface area contributed by atoms with Crippen molar-refractivity contribution in [3.8, 4) is 0 Å². The van der Waals surface area contributed by atoms with Gasteiger partial charge in [-0.2, -0.15) is 5.10 Å². The van der Waals surface area contributed by atoms with E-state index in [1.807, 2.05) is 12.3 Å². The molecule has 102 valence electrons. The van der Waals surface area contributed by atoms with E-state index in [0.29, 0.717) is 12.2 Å². The predicted octanol–water partition coefficient (Wildman–Crippen LogP) is 2.29. The van der Waals surface area contributed by atoms with Crippen molar-refractivity contribution in [1.82, 2.24) is 14.8 Å². The summed E-state index contributed by atoms with van der Waals surface area (Å²) in [5.41, 5.74) is 1.69. The Bertz CT molecular complexity index is 544. The van der Waals surface area contributed by atoms with Gasteiger partial charge in [-0.1, -0.05) is 0 Å². The van der Waals surface area contributed by atoms with Crippen molar-refractivity contribution >= 4 is 11.3 Å². The largest absolute Gasteiger partial charge is 0.387 e. The van der Waals surface area contributed by atoms with E-state index < -0.39 is 6.10 Å². The second-order valence-corrected chi connectivity index (χ2v) is 5.68. The highest BCUT2D eigenvalue weighted by Gasteiger charge is 2.20. The van der Waals surface area contributed by atoms with Crippen LogP contribution in [0.5, 0.6) is 0 Å². The third kappa shape index (κ3) is 2.86. The Morgan fingerprint density at radius 1 is 1.63 bits per heavy atom. The topological polar surface area (TPSA) is 60.2 Å². The molecule has 3 heterocycles. The van der Waals surface area contributed by atoms with Gasteiger partial charge >= 0.3 is 0 Å². The van der Waals surface area contributed by atoms with Crippen molar-refractivity contribution in [3.63, 3.8) is 0 Å². The Balaban J connectivity index is 1.68. The molecular formula is C13H17N3O2S. The van der Waals surface area contributed by atoms with Gasteiger partial charge in [-0.05, 0) is 25.8 Å². The van der Waals surface area contributed by atoms with Gasteiger partial charge in [-0.15, -0.1) is 11.3 Å². The van der Waals surface area contributed by atoms with Gasteiger partial charge in [0.1, 0.15) is 11.1 Å². The van der Waals surface area contributed by atoms with Crippen LogP contribution in [0.2, 0.25) is 0 Å². The van der Waals surface area contributed by atoms with E-state index in [4.69, 9.17) is 4.74 Å². The number of hydrogen-bond donors (Lipinski definition) is 1. The molecule has 6 heteroatoms. The molecule has 1 aliphatic heterocycles. The normalized spacial score (nSPS) is 20.8. The molecule has 1 N–H and O–H groups in total. The minimum absolute atomic E-state index is 0.185. The maximum absolute atomic E-state index is 9.44. The molecule has 2 aromatic rings. The van der Waals surface area contributed by atoms with Crippen LogP contribution in [0.15, 0.2) is 17.6 Å². The summed E-state index contributed by atoms with van der Waals surface area (Å²) in [7, 11) is 0. The number of hydrogen-bond acceptors (Lipinski definition) is 5. The summed E-state index contributed by atoms with van der Waals surface area (Å²) in [6.07, 6.45) is 3.72. The molecule has 1 fully saturated rings. The molecule has 0 aromatic carbocycles. The lowest BCUT2D eigenvalue weighted by atomic mass is 10.2. The Kier molecular flexibility index (Phi) is 3.63. The highest BCUT2D eigenvalue weighted by Crippen LogP contribution is 2.30. The van der Waals surface area contributed by atoms with Crippen LogP contribution in [-0.4, -0.2) is 26.5 Å². The van der Waals surface area contributed by atoms with Crippen LogP contribution in [0, 0.1) is 0 Å². The van der Waals surface area contributed by atoms with Gasteiger partial charge in [-0.3, -0.25) is 4.68 Å². The highest BCUT2D eigenvalue weighted by atomic mass is 32.1. The first-order chi connectivity index (χ1) is 9.22. The van der Waals surface area contributed by atoms with Crippen molar-refractivity contribution in [2.45, 2.75) is 38.5 Å². The molecule has 0 aliphatic carbocycles. The Morgan fingerprint density at radius 2 is 2.53 bits per heavy atom. The lowest BCUT2D eigenvalue weighted by molar-refractivity contribution is 0.111. The number of rotatable bonds is 4. The first kappa shape index (κ1) is 12.8. The van der Waals surface area contributed by atoms with Gasteiger partial charge in [0.2, 0.25) is 0 Å². The lowest BCUT2D eigenvalue weighted by Crippen LogP contribution is -2.03. The Labute approximate surface area is 115 Å². The molecule has 1 saturated heterocycles. The third-order valence-corrected chi connectivity index (χ3v) is 4.17. The highest BCUT2D eigenvalue weighted by molar-refractivity contribution is 7.09. The molecule has 0 saturated carbocycles. The molecule has 2 atom stereocenters. The molecule has 0 amide bonds. The average Bonchev–Trinajstić information content (AvgIpc) is 3.09. The van der Waals surface area contributed by atoms with Crippen molar-refractivity contribution < 1.29 is 9.84 Å². The van der Waals surface area contributed by atoms with E-state index in [0.717, 1.165) is 30.2 Å². The number of ether oxygens (including phenoxy) is 1. The van der Waals surface area contributed by atoms with Crippen molar-refractivity contribution in [3.05, 3.63) is 34.0 Å². The minimum atomic E-state index is -0.529. The molecule has 0 unspecified atom stereocenters. The quantitative estimate of drug-likeness (QED) is 0.933. The van der Waals surface area contributed by atoms with Crippen LogP contribution in [0.1, 0.15) is 48.4 Å². The minimum Gasteiger partial charge on any atom is -0.387 e. The standard InChI is InChI=1S/C13H17N3O2S/c1-9(17)11-4-5-16(15-11)7-10-8-19-13(14-10)12-3-2-6-18-12/h4-5,8-9,12,17H,2-3,6-7H2,1H3/t9-,12+/m1/s1. The van der Waals surface area contributed by atoms with Crippen LogP contribution >= 0.6 is 11.3 Å². The summed E-state index contributed by atoms with van der Waals surface area (Å²) in [6, 6.07) is 1.83. The van der Waals surface area contributed by atoms with E-state index in [2.05, 4.69) is 15.5 Å². The van der Waals surface area contributed by atoms with Gasteiger partial charge in [0.15, 0.2) is 0 Å². The monoisotopic (exact) mass is 279 g/mol. The molecule has 5 nitrogen and oxygen atoms in total. The summed E-state index contributed by atoms with van der Waals surface area (Å²) < 4.78 is 7.43. The summed E-state index contributed by atoms with van der Waals surface area (Å²) in [4.78, 5) is 4.61. The summed E-state index contributed by atoms with van der Waals surface area (Å²) in [5.74, 6) is 0. The second-order valence-electron chi connectivity index (χ2n) is 4.79.